The van der Waals surface area contributed by atoms with E-state index < -0.39 is 11.9 Å². The number of esters is 2. The summed E-state index contributed by atoms with van der Waals surface area (Å²) in [7, 11) is 0. The molecule has 1 rings (SSSR count). The van der Waals surface area contributed by atoms with E-state index in [1.54, 1.807) is 18.3 Å². The summed E-state index contributed by atoms with van der Waals surface area (Å²) < 4.78 is 9.98. The highest BCUT2D eigenvalue weighted by molar-refractivity contribution is 5.90. The number of unbranched alkanes of at least 4 members (excludes halogenated alkanes) is 6. The number of aromatic nitrogens is 1. The Morgan fingerprint density at radius 3 is 2.19 bits per heavy atom. The lowest BCUT2D eigenvalue weighted by Gasteiger charge is -2.06. The van der Waals surface area contributed by atoms with Crippen LogP contribution in [-0.4, -0.2) is 30.1 Å². The van der Waals surface area contributed by atoms with E-state index in [2.05, 4.69) is 48.4 Å². The van der Waals surface area contributed by atoms with Crippen LogP contribution in [0.2, 0.25) is 0 Å². The van der Waals surface area contributed by atoms with Gasteiger partial charge in [0.1, 0.15) is 0 Å². The third kappa shape index (κ3) is 15.8. The van der Waals surface area contributed by atoms with Crippen LogP contribution in [0.25, 0.3) is 0 Å². The standard InChI is InChI=1S/C26H37NO4/c1-2-3-4-5-6-7-8-9-10-11-12-13-14-15-16-17-21-30-25(28)23-31-26(29)24-19-18-20-27-22-24/h6-7,9-10,12-13,18-20,22H,2-5,8,11,14-17,21,23H2,1H3/b7-6+,10-9+,13-12+. The Morgan fingerprint density at radius 1 is 0.871 bits per heavy atom. The lowest BCUT2D eigenvalue weighted by molar-refractivity contribution is -0.147. The summed E-state index contributed by atoms with van der Waals surface area (Å²) in [5.41, 5.74) is 0.313. The van der Waals surface area contributed by atoms with Gasteiger partial charge in [-0.15, -0.1) is 0 Å². The van der Waals surface area contributed by atoms with Gasteiger partial charge in [-0.1, -0.05) is 56.2 Å². The molecule has 0 aliphatic rings. The molecule has 0 atom stereocenters. The van der Waals surface area contributed by atoms with Gasteiger partial charge in [0.2, 0.25) is 0 Å². The first-order valence-corrected chi connectivity index (χ1v) is 11.4. The van der Waals surface area contributed by atoms with Crippen molar-refractivity contribution in [2.75, 3.05) is 13.2 Å². The molecule has 5 nitrogen and oxygen atoms in total. The third-order valence-corrected chi connectivity index (χ3v) is 4.52. The first-order valence-electron chi connectivity index (χ1n) is 11.4. The van der Waals surface area contributed by atoms with Crippen molar-refractivity contribution in [2.24, 2.45) is 0 Å². The summed E-state index contributed by atoms with van der Waals surface area (Å²) in [6.45, 7) is 2.20. The van der Waals surface area contributed by atoms with Crippen molar-refractivity contribution < 1.29 is 19.1 Å². The Bertz CT molecular complexity index is 680. The van der Waals surface area contributed by atoms with Gasteiger partial charge < -0.3 is 9.47 Å². The first-order chi connectivity index (χ1) is 15.2. The van der Waals surface area contributed by atoms with Crippen LogP contribution in [0.1, 0.15) is 81.5 Å². The van der Waals surface area contributed by atoms with Gasteiger partial charge >= 0.3 is 11.9 Å². The fourth-order valence-electron chi connectivity index (χ4n) is 2.75. The Hall–Kier alpha value is -2.69. The summed E-state index contributed by atoms with van der Waals surface area (Å²) >= 11 is 0. The van der Waals surface area contributed by atoms with Gasteiger partial charge in [-0.3, -0.25) is 4.98 Å². The second kappa shape index (κ2) is 19.3. The van der Waals surface area contributed by atoms with Gasteiger partial charge in [-0.2, -0.15) is 0 Å². The van der Waals surface area contributed by atoms with Gasteiger partial charge in [-0.05, 0) is 63.5 Å². The van der Waals surface area contributed by atoms with E-state index in [4.69, 9.17) is 9.47 Å². The molecule has 1 heterocycles. The molecule has 0 spiro atoms. The molecule has 0 radical (unpaired) electrons. The topological polar surface area (TPSA) is 65.5 Å². The van der Waals surface area contributed by atoms with E-state index in [1.165, 1.54) is 31.9 Å². The number of pyridine rings is 1. The van der Waals surface area contributed by atoms with E-state index >= 15 is 0 Å². The maximum absolute atomic E-state index is 11.7. The minimum Gasteiger partial charge on any atom is -0.463 e. The monoisotopic (exact) mass is 427 g/mol. The summed E-state index contributed by atoms with van der Waals surface area (Å²) in [6.07, 6.45) is 27.3. The van der Waals surface area contributed by atoms with Crippen LogP contribution < -0.4 is 0 Å². The predicted molar refractivity (Wildman–Crippen MR) is 125 cm³/mol. The van der Waals surface area contributed by atoms with Crippen molar-refractivity contribution in [2.45, 2.75) is 71.1 Å². The second-order valence-corrected chi connectivity index (χ2v) is 7.27. The quantitative estimate of drug-likeness (QED) is 0.164. The minimum atomic E-state index is -0.578. The molecule has 0 bridgehead atoms. The van der Waals surface area contributed by atoms with Crippen LogP contribution in [-0.2, 0) is 14.3 Å². The van der Waals surface area contributed by atoms with E-state index in [0.29, 0.717) is 12.2 Å². The molecule has 5 heteroatoms. The number of carbonyl (C=O) groups excluding carboxylic acids is 2. The number of carbonyl (C=O) groups is 2. The molecular weight excluding hydrogens is 390 g/mol. The second-order valence-electron chi connectivity index (χ2n) is 7.27. The van der Waals surface area contributed by atoms with E-state index in [0.717, 1.165) is 38.5 Å². The highest BCUT2D eigenvalue weighted by Gasteiger charge is 2.10. The number of nitrogens with zero attached hydrogens (tertiary/aromatic N) is 1. The number of allylic oxidation sites excluding steroid dienone is 6. The Morgan fingerprint density at radius 2 is 1.55 bits per heavy atom. The van der Waals surface area contributed by atoms with Crippen molar-refractivity contribution in [1.29, 1.82) is 0 Å². The van der Waals surface area contributed by atoms with Gasteiger partial charge in [-0.25, -0.2) is 9.59 Å². The highest BCUT2D eigenvalue weighted by atomic mass is 16.6. The molecular formula is C26H37NO4. The molecule has 0 unspecified atom stereocenters. The maximum Gasteiger partial charge on any atom is 0.344 e. The van der Waals surface area contributed by atoms with Crippen molar-refractivity contribution in [3.05, 3.63) is 66.5 Å². The van der Waals surface area contributed by atoms with E-state index in [9.17, 15) is 9.59 Å². The predicted octanol–water partition coefficient (Wildman–Crippen LogP) is 6.37. The Labute approximate surface area is 187 Å². The van der Waals surface area contributed by atoms with E-state index in [-0.39, 0.29) is 6.61 Å². The highest BCUT2D eigenvalue weighted by Crippen LogP contribution is 2.04. The SMILES string of the molecule is CCCCC/C=C/C/C=C/C/C=C/CCCCCOC(=O)COC(=O)c1cccnc1. The van der Waals surface area contributed by atoms with Crippen LogP contribution in [0.3, 0.4) is 0 Å². The summed E-state index contributed by atoms with van der Waals surface area (Å²) in [5, 5.41) is 0. The van der Waals surface area contributed by atoms with E-state index in [1.807, 2.05) is 0 Å². The number of ether oxygens (including phenoxy) is 2. The Balaban J connectivity index is 1.91. The van der Waals surface area contributed by atoms with Crippen LogP contribution in [0.15, 0.2) is 61.0 Å². The molecule has 0 aromatic carbocycles. The zero-order chi connectivity index (χ0) is 22.4. The first kappa shape index (κ1) is 26.3. The van der Waals surface area contributed by atoms with Crippen molar-refractivity contribution in [1.82, 2.24) is 4.98 Å². The molecule has 0 aliphatic carbocycles. The fourth-order valence-corrected chi connectivity index (χ4v) is 2.75. The van der Waals surface area contributed by atoms with Crippen LogP contribution in [0, 0.1) is 0 Å². The molecule has 170 valence electrons. The molecule has 1 aromatic rings. The Kier molecular flexibility index (Phi) is 16.4. The van der Waals surface area contributed by atoms with Crippen LogP contribution in [0.4, 0.5) is 0 Å². The van der Waals surface area contributed by atoms with Crippen molar-refractivity contribution in [3.8, 4) is 0 Å². The van der Waals surface area contributed by atoms with Crippen LogP contribution >= 0.6 is 0 Å². The van der Waals surface area contributed by atoms with Gasteiger partial charge in [0, 0.05) is 12.4 Å². The van der Waals surface area contributed by atoms with Gasteiger partial charge in [0.15, 0.2) is 6.61 Å². The maximum atomic E-state index is 11.7. The molecule has 0 saturated heterocycles. The number of hydrogen-bond acceptors (Lipinski definition) is 5. The van der Waals surface area contributed by atoms with Crippen molar-refractivity contribution >= 4 is 11.9 Å². The zero-order valence-corrected chi connectivity index (χ0v) is 18.8. The molecule has 0 saturated carbocycles. The van der Waals surface area contributed by atoms with Crippen LogP contribution in [0.5, 0.6) is 0 Å². The molecule has 31 heavy (non-hydrogen) atoms. The smallest absolute Gasteiger partial charge is 0.344 e. The van der Waals surface area contributed by atoms with Crippen molar-refractivity contribution in [3.63, 3.8) is 0 Å². The fraction of sp³-hybridized carbons (Fsp3) is 0.500. The minimum absolute atomic E-state index is 0.313. The third-order valence-electron chi connectivity index (χ3n) is 4.52. The normalized spacial score (nSPS) is 11.5. The average Bonchev–Trinajstić information content (AvgIpc) is 2.80. The largest absolute Gasteiger partial charge is 0.463 e. The van der Waals surface area contributed by atoms with Gasteiger partial charge in [0.25, 0.3) is 0 Å². The lowest BCUT2D eigenvalue weighted by Crippen LogP contribution is -2.17. The average molecular weight is 428 g/mol. The number of hydrogen-bond donors (Lipinski definition) is 0. The van der Waals surface area contributed by atoms with Gasteiger partial charge in [0.05, 0.1) is 12.2 Å². The molecule has 1 aromatic heterocycles. The molecule has 0 fully saturated rings. The molecule has 0 N–H and O–H groups in total. The molecule has 0 aliphatic heterocycles. The lowest BCUT2D eigenvalue weighted by atomic mass is 10.2. The summed E-state index contributed by atoms with van der Waals surface area (Å²) in [6, 6.07) is 3.22. The summed E-state index contributed by atoms with van der Waals surface area (Å²) in [5.74, 6) is -1.11. The summed E-state index contributed by atoms with van der Waals surface area (Å²) in [4.78, 5) is 27.1. The zero-order valence-electron chi connectivity index (χ0n) is 18.8. The molecule has 0 amide bonds. The number of rotatable bonds is 17.